The van der Waals surface area contributed by atoms with E-state index in [2.05, 4.69) is 15.0 Å². The minimum atomic E-state index is -4.53. The standard InChI is InChI=1S/C23H21F4N5O2/c24-20-21(32-9-1-2-17(32)16-7-8-18(29-11-16)23(25,26)27)30-13-31-22(20)34-12-15-5-3-14(4-6-15)10-19(28)33/h3-8,11,13,17H,1-2,9-10,12H2,(H2,28,33). The average Bonchev–Trinajstić information content (AvgIpc) is 3.28. The first kappa shape index (κ1) is 23.4. The van der Waals surface area contributed by atoms with Gasteiger partial charge in [0.1, 0.15) is 18.6 Å². The van der Waals surface area contributed by atoms with Crippen LogP contribution in [0.3, 0.4) is 0 Å². The van der Waals surface area contributed by atoms with Gasteiger partial charge in [-0.15, -0.1) is 0 Å². The number of hydrogen-bond acceptors (Lipinski definition) is 6. The predicted octanol–water partition coefficient (Wildman–Crippen LogP) is 3.98. The molecule has 34 heavy (non-hydrogen) atoms. The molecule has 1 fully saturated rings. The van der Waals surface area contributed by atoms with E-state index in [1.54, 1.807) is 29.2 Å². The summed E-state index contributed by atoms with van der Waals surface area (Å²) in [4.78, 5) is 24.2. The number of benzene rings is 1. The third-order valence-corrected chi connectivity index (χ3v) is 5.50. The molecule has 3 aromatic rings. The van der Waals surface area contributed by atoms with E-state index in [1.165, 1.54) is 18.6 Å². The van der Waals surface area contributed by atoms with Crippen molar-refractivity contribution in [1.29, 1.82) is 0 Å². The number of ether oxygens (including phenoxy) is 1. The predicted molar refractivity (Wildman–Crippen MR) is 114 cm³/mol. The van der Waals surface area contributed by atoms with E-state index in [0.29, 0.717) is 24.9 Å². The van der Waals surface area contributed by atoms with Crippen LogP contribution in [0.4, 0.5) is 23.4 Å². The molecule has 1 saturated heterocycles. The Morgan fingerprint density at radius 1 is 1.09 bits per heavy atom. The average molecular weight is 475 g/mol. The molecule has 0 radical (unpaired) electrons. The van der Waals surface area contributed by atoms with E-state index in [1.807, 2.05) is 0 Å². The highest BCUT2D eigenvalue weighted by Crippen LogP contribution is 2.38. The van der Waals surface area contributed by atoms with Crippen molar-refractivity contribution >= 4 is 11.7 Å². The molecule has 1 amide bonds. The second-order valence-corrected chi connectivity index (χ2v) is 7.89. The van der Waals surface area contributed by atoms with Gasteiger partial charge in [0.25, 0.3) is 5.88 Å². The van der Waals surface area contributed by atoms with Crippen molar-refractivity contribution in [1.82, 2.24) is 15.0 Å². The molecule has 0 aliphatic carbocycles. The lowest BCUT2D eigenvalue weighted by atomic mass is 10.1. The second-order valence-electron chi connectivity index (χ2n) is 7.89. The molecule has 11 heteroatoms. The fraction of sp³-hybridized carbons (Fsp3) is 0.304. The highest BCUT2D eigenvalue weighted by Gasteiger charge is 2.34. The summed E-state index contributed by atoms with van der Waals surface area (Å²) in [5.41, 5.74) is 6.24. The number of hydrogen-bond donors (Lipinski definition) is 1. The van der Waals surface area contributed by atoms with Crippen LogP contribution >= 0.6 is 0 Å². The Kier molecular flexibility index (Phi) is 6.62. The van der Waals surface area contributed by atoms with Gasteiger partial charge in [-0.25, -0.2) is 4.98 Å². The molecule has 2 N–H and O–H groups in total. The number of carbonyl (C=O) groups excluding carboxylic acids is 1. The number of pyridine rings is 1. The summed E-state index contributed by atoms with van der Waals surface area (Å²) in [5, 5.41) is 0. The van der Waals surface area contributed by atoms with Crippen LogP contribution in [0, 0.1) is 5.82 Å². The molecule has 178 valence electrons. The van der Waals surface area contributed by atoms with E-state index >= 15 is 4.39 Å². The number of alkyl halides is 3. The number of anilines is 1. The first-order chi connectivity index (χ1) is 16.2. The molecule has 1 aliphatic heterocycles. The molecule has 0 spiro atoms. The summed E-state index contributed by atoms with van der Waals surface area (Å²) in [6.07, 6.45) is -0.723. The number of amides is 1. The molecule has 1 aromatic carbocycles. The van der Waals surface area contributed by atoms with Gasteiger partial charge >= 0.3 is 6.18 Å². The smallest absolute Gasteiger partial charge is 0.433 e. The maximum Gasteiger partial charge on any atom is 0.433 e. The van der Waals surface area contributed by atoms with E-state index in [4.69, 9.17) is 10.5 Å². The van der Waals surface area contributed by atoms with Crippen LogP contribution in [-0.4, -0.2) is 27.4 Å². The van der Waals surface area contributed by atoms with E-state index in [9.17, 15) is 18.0 Å². The Morgan fingerprint density at radius 3 is 2.47 bits per heavy atom. The molecule has 1 atom stereocenters. The fourth-order valence-electron chi connectivity index (χ4n) is 3.89. The van der Waals surface area contributed by atoms with Crippen molar-refractivity contribution in [3.05, 3.63) is 77.1 Å². The molecule has 0 bridgehead atoms. The third-order valence-electron chi connectivity index (χ3n) is 5.50. The Balaban J connectivity index is 1.49. The van der Waals surface area contributed by atoms with Crippen molar-refractivity contribution in [3.63, 3.8) is 0 Å². The Hall–Kier alpha value is -3.76. The van der Waals surface area contributed by atoms with Gasteiger partial charge < -0.3 is 15.4 Å². The first-order valence-electron chi connectivity index (χ1n) is 10.5. The number of carbonyl (C=O) groups is 1. The van der Waals surface area contributed by atoms with Crippen LogP contribution in [0.25, 0.3) is 0 Å². The zero-order valence-corrected chi connectivity index (χ0v) is 17.9. The van der Waals surface area contributed by atoms with Crippen LogP contribution in [0.1, 0.15) is 41.3 Å². The number of aromatic nitrogens is 3. The van der Waals surface area contributed by atoms with Gasteiger partial charge in [0.2, 0.25) is 11.7 Å². The largest absolute Gasteiger partial charge is 0.471 e. The van der Waals surface area contributed by atoms with Gasteiger partial charge in [0.05, 0.1) is 12.5 Å². The Labute approximate surface area is 192 Å². The van der Waals surface area contributed by atoms with Gasteiger partial charge in [-0.1, -0.05) is 30.3 Å². The van der Waals surface area contributed by atoms with Crippen molar-refractivity contribution in [2.75, 3.05) is 11.4 Å². The van der Waals surface area contributed by atoms with Crippen LogP contribution in [-0.2, 0) is 24.0 Å². The van der Waals surface area contributed by atoms with Gasteiger partial charge in [-0.3, -0.25) is 9.78 Å². The quantitative estimate of drug-likeness (QED) is 0.520. The van der Waals surface area contributed by atoms with Gasteiger partial charge in [0.15, 0.2) is 5.82 Å². The van der Waals surface area contributed by atoms with Crippen molar-refractivity contribution in [3.8, 4) is 5.88 Å². The number of halogens is 4. The molecular formula is C23H21F4N5O2. The van der Waals surface area contributed by atoms with Crippen molar-refractivity contribution in [2.24, 2.45) is 5.73 Å². The monoisotopic (exact) mass is 475 g/mol. The Bertz CT molecular complexity index is 1150. The lowest BCUT2D eigenvalue weighted by Crippen LogP contribution is -2.25. The van der Waals surface area contributed by atoms with Crippen LogP contribution in [0.15, 0.2) is 48.9 Å². The SMILES string of the molecule is NC(=O)Cc1ccc(COc2ncnc(N3CCCC3c3ccc(C(F)(F)F)nc3)c2F)cc1. The van der Waals surface area contributed by atoms with Crippen LogP contribution < -0.4 is 15.4 Å². The van der Waals surface area contributed by atoms with Crippen molar-refractivity contribution < 1.29 is 27.1 Å². The highest BCUT2D eigenvalue weighted by molar-refractivity contribution is 5.76. The molecule has 4 rings (SSSR count). The molecule has 1 aliphatic rings. The van der Waals surface area contributed by atoms with Gasteiger partial charge in [-0.2, -0.15) is 22.5 Å². The number of nitrogens with zero attached hydrogens (tertiary/aromatic N) is 4. The molecule has 2 aromatic heterocycles. The maximum absolute atomic E-state index is 15.2. The lowest BCUT2D eigenvalue weighted by Gasteiger charge is -2.26. The zero-order valence-electron chi connectivity index (χ0n) is 17.9. The number of primary amides is 1. The minimum Gasteiger partial charge on any atom is -0.471 e. The van der Waals surface area contributed by atoms with Crippen LogP contribution in [0.2, 0.25) is 0 Å². The fourth-order valence-corrected chi connectivity index (χ4v) is 3.89. The molecule has 3 heterocycles. The zero-order chi connectivity index (χ0) is 24.3. The molecule has 1 unspecified atom stereocenters. The van der Waals surface area contributed by atoms with Crippen LogP contribution in [0.5, 0.6) is 5.88 Å². The summed E-state index contributed by atoms with van der Waals surface area (Å²) in [5.74, 6) is -1.40. The second kappa shape index (κ2) is 9.62. The van der Waals surface area contributed by atoms with E-state index in [-0.39, 0.29) is 30.8 Å². The summed E-state index contributed by atoms with van der Waals surface area (Å²) in [6, 6.07) is 8.86. The summed E-state index contributed by atoms with van der Waals surface area (Å²) >= 11 is 0. The molecule has 0 saturated carbocycles. The Morgan fingerprint density at radius 2 is 1.82 bits per heavy atom. The van der Waals surface area contributed by atoms with Crippen molar-refractivity contribution in [2.45, 2.75) is 38.1 Å². The lowest BCUT2D eigenvalue weighted by molar-refractivity contribution is -0.141. The topological polar surface area (TPSA) is 94.2 Å². The number of rotatable bonds is 7. The summed E-state index contributed by atoms with van der Waals surface area (Å²) < 4.78 is 59.3. The maximum atomic E-state index is 15.2. The van der Waals surface area contributed by atoms with Gasteiger partial charge in [-0.05, 0) is 35.6 Å². The first-order valence-corrected chi connectivity index (χ1v) is 10.5. The number of nitrogens with two attached hydrogens (primary N) is 1. The normalized spacial score (nSPS) is 16.0. The molecule has 7 nitrogen and oxygen atoms in total. The highest BCUT2D eigenvalue weighted by atomic mass is 19.4. The van der Waals surface area contributed by atoms with E-state index < -0.39 is 23.6 Å². The third kappa shape index (κ3) is 5.24. The summed E-state index contributed by atoms with van der Waals surface area (Å²) in [6.45, 7) is 0.511. The molecular weight excluding hydrogens is 454 g/mol. The summed E-state index contributed by atoms with van der Waals surface area (Å²) in [7, 11) is 0. The van der Waals surface area contributed by atoms with E-state index in [0.717, 1.165) is 17.2 Å². The van der Waals surface area contributed by atoms with Gasteiger partial charge in [0, 0.05) is 12.7 Å². The minimum absolute atomic E-state index is 0.0178.